The maximum atomic E-state index is 13.1. The fourth-order valence-electron chi connectivity index (χ4n) is 4.63. The van der Waals surface area contributed by atoms with Crippen molar-refractivity contribution in [2.75, 3.05) is 38.1 Å². The zero-order valence-corrected chi connectivity index (χ0v) is 20.1. The second kappa shape index (κ2) is 9.23. The molecule has 0 unspecified atom stereocenters. The number of nitrogens with one attached hydrogen (secondary N) is 1. The number of aryl methyl sites for hydroxylation is 2. The van der Waals surface area contributed by atoms with Gasteiger partial charge in [-0.15, -0.1) is 11.3 Å². The number of anilines is 1. The van der Waals surface area contributed by atoms with E-state index in [1.54, 1.807) is 0 Å². The molecule has 3 aromatic rings. The largest absolute Gasteiger partial charge is 0.354 e. The molecule has 5 heterocycles. The number of hydrogen-bond acceptors (Lipinski definition) is 7. The van der Waals surface area contributed by atoms with Gasteiger partial charge in [-0.3, -0.25) is 14.2 Å². The summed E-state index contributed by atoms with van der Waals surface area (Å²) in [5.74, 6) is 1.66. The van der Waals surface area contributed by atoms with Gasteiger partial charge in [0.2, 0.25) is 0 Å². The molecule has 33 heavy (non-hydrogen) atoms. The van der Waals surface area contributed by atoms with E-state index < -0.39 is 0 Å². The smallest absolute Gasteiger partial charge is 0.262 e. The van der Waals surface area contributed by atoms with Crippen molar-refractivity contribution in [3.8, 4) is 0 Å². The van der Waals surface area contributed by atoms with E-state index in [0.717, 1.165) is 74.6 Å². The van der Waals surface area contributed by atoms with Gasteiger partial charge in [-0.2, -0.15) is 0 Å². The lowest BCUT2D eigenvalue weighted by Crippen LogP contribution is -2.44. The summed E-state index contributed by atoms with van der Waals surface area (Å²) in [4.78, 5) is 41.3. The molecule has 174 valence electrons. The Labute approximate surface area is 197 Å². The number of hydrogen-bond donors (Lipinski definition) is 1. The lowest BCUT2D eigenvalue weighted by molar-refractivity contribution is 0.0954. The van der Waals surface area contributed by atoms with Crippen LogP contribution in [-0.4, -0.2) is 58.6 Å². The molecule has 8 nitrogen and oxygen atoms in total. The SMILES string of the molecule is Cc1c(C(=O)NCc2ccc(N3CCN(C)CC3)nc2)sc2nc3n(c(=O)c12)CCCCC3. The number of aromatic nitrogens is 3. The predicted molar refractivity (Wildman–Crippen MR) is 131 cm³/mol. The molecule has 2 aliphatic rings. The molecule has 0 atom stereocenters. The third-order valence-electron chi connectivity index (χ3n) is 6.71. The summed E-state index contributed by atoms with van der Waals surface area (Å²) in [7, 11) is 2.14. The first kappa shape index (κ1) is 22.0. The minimum atomic E-state index is -0.168. The van der Waals surface area contributed by atoms with Crippen LogP contribution in [0.4, 0.5) is 5.82 Å². The van der Waals surface area contributed by atoms with Crippen LogP contribution < -0.4 is 15.8 Å². The van der Waals surface area contributed by atoms with E-state index in [0.29, 0.717) is 28.2 Å². The number of fused-ring (bicyclic) bond motifs is 2. The van der Waals surface area contributed by atoms with Gasteiger partial charge in [0.05, 0.1) is 10.3 Å². The Balaban J connectivity index is 1.30. The molecule has 1 amide bonds. The van der Waals surface area contributed by atoms with Crippen LogP contribution in [0.5, 0.6) is 0 Å². The molecule has 0 bridgehead atoms. The van der Waals surface area contributed by atoms with Gasteiger partial charge in [0.1, 0.15) is 16.5 Å². The summed E-state index contributed by atoms with van der Waals surface area (Å²) >= 11 is 1.32. The van der Waals surface area contributed by atoms with E-state index in [1.807, 2.05) is 29.8 Å². The van der Waals surface area contributed by atoms with Crippen molar-refractivity contribution in [2.24, 2.45) is 0 Å². The van der Waals surface area contributed by atoms with Crippen molar-refractivity contribution in [1.29, 1.82) is 0 Å². The zero-order valence-electron chi connectivity index (χ0n) is 19.3. The Bertz CT molecular complexity index is 1220. The topological polar surface area (TPSA) is 83.4 Å². The zero-order chi connectivity index (χ0) is 22.9. The Kier molecular flexibility index (Phi) is 6.16. The molecule has 2 aliphatic heterocycles. The van der Waals surface area contributed by atoms with Gasteiger partial charge in [-0.25, -0.2) is 9.97 Å². The predicted octanol–water partition coefficient (Wildman–Crippen LogP) is 2.57. The minimum absolute atomic E-state index is 0.00612. The molecule has 1 N–H and O–H groups in total. The van der Waals surface area contributed by atoms with E-state index in [4.69, 9.17) is 4.98 Å². The average molecular weight is 467 g/mol. The standard InChI is InChI=1S/C24H30N6O2S/c1-16-20-23(27-19-6-4-3-5-9-30(19)24(20)32)33-21(16)22(31)26-15-17-7-8-18(25-14-17)29-12-10-28(2)11-13-29/h7-8,14H,3-6,9-13,15H2,1-2H3,(H,26,31). The first-order valence-electron chi connectivity index (χ1n) is 11.7. The summed E-state index contributed by atoms with van der Waals surface area (Å²) in [5, 5.41) is 3.59. The second-order valence-corrected chi connectivity index (χ2v) is 10.0. The number of nitrogens with zero attached hydrogens (tertiary/aromatic N) is 5. The van der Waals surface area contributed by atoms with Crippen LogP contribution in [0.1, 0.15) is 45.9 Å². The average Bonchev–Trinajstić information content (AvgIpc) is 2.99. The summed E-state index contributed by atoms with van der Waals surface area (Å²) in [6, 6.07) is 4.04. The highest BCUT2D eigenvalue weighted by atomic mass is 32.1. The molecule has 1 fully saturated rings. The number of thiophene rings is 1. The monoisotopic (exact) mass is 466 g/mol. The summed E-state index contributed by atoms with van der Waals surface area (Å²) < 4.78 is 1.81. The van der Waals surface area contributed by atoms with Crippen molar-refractivity contribution in [2.45, 2.75) is 45.7 Å². The third-order valence-corrected chi connectivity index (χ3v) is 7.89. The van der Waals surface area contributed by atoms with E-state index in [9.17, 15) is 9.59 Å². The molecule has 0 aromatic carbocycles. The molecule has 0 spiro atoms. The maximum Gasteiger partial charge on any atom is 0.262 e. The second-order valence-electron chi connectivity index (χ2n) is 9.03. The molecular formula is C24H30N6O2S. The fourth-order valence-corrected chi connectivity index (χ4v) is 5.74. The molecule has 0 saturated carbocycles. The van der Waals surface area contributed by atoms with Crippen LogP contribution in [0, 0.1) is 6.92 Å². The molecule has 0 radical (unpaired) electrons. The van der Waals surface area contributed by atoms with Gasteiger partial charge in [0.15, 0.2) is 0 Å². The van der Waals surface area contributed by atoms with Crippen molar-refractivity contribution in [3.05, 3.63) is 50.5 Å². The van der Waals surface area contributed by atoms with E-state index >= 15 is 0 Å². The summed E-state index contributed by atoms with van der Waals surface area (Å²) in [6.07, 6.45) is 5.82. The van der Waals surface area contributed by atoms with Crippen LogP contribution in [0.2, 0.25) is 0 Å². The van der Waals surface area contributed by atoms with Gasteiger partial charge in [-0.05, 0) is 44.0 Å². The van der Waals surface area contributed by atoms with Crippen LogP contribution in [0.3, 0.4) is 0 Å². The number of rotatable bonds is 4. The van der Waals surface area contributed by atoms with Crippen molar-refractivity contribution >= 4 is 33.3 Å². The Morgan fingerprint density at radius 1 is 1.12 bits per heavy atom. The van der Waals surface area contributed by atoms with Crippen LogP contribution in [-0.2, 0) is 19.5 Å². The molecule has 1 saturated heterocycles. The Morgan fingerprint density at radius 2 is 1.94 bits per heavy atom. The van der Waals surface area contributed by atoms with Gasteiger partial charge >= 0.3 is 0 Å². The van der Waals surface area contributed by atoms with Crippen LogP contribution in [0.25, 0.3) is 10.2 Å². The van der Waals surface area contributed by atoms with E-state index in [1.165, 1.54) is 11.3 Å². The highest BCUT2D eigenvalue weighted by Gasteiger charge is 2.22. The molecule has 5 rings (SSSR count). The number of carbonyl (C=O) groups is 1. The van der Waals surface area contributed by atoms with Crippen LogP contribution in [0.15, 0.2) is 23.1 Å². The summed E-state index contributed by atoms with van der Waals surface area (Å²) in [5.41, 5.74) is 1.67. The van der Waals surface area contributed by atoms with Gasteiger partial charge in [-0.1, -0.05) is 12.5 Å². The molecular weight excluding hydrogens is 436 g/mol. The molecule has 0 aliphatic carbocycles. The quantitative estimate of drug-likeness (QED) is 0.636. The number of amides is 1. The minimum Gasteiger partial charge on any atom is -0.354 e. The number of likely N-dealkylation sites (N-methyl/N-ethyl adjacent to an activating group) is 1. The lowest BCUT2D eigenvalue weighted by Gasteiger charge is -2.33. The van der Waals surface area contributed by atoms with Gasteiger partial charge in [0, 0.05) is 51.9 Å². The van der Waals surface area contributed by atoms with Gasteiger partial charge in [0.25, 0.3) is 11.5 Å². The Morgan fingerprint density at radius 3 is 2.70 bits per heavy atom. The summed E-state index contributed by atoms with van der Waals surface area (Å²) in [6.45, 7) is 6.98. The number of carbonyl (C=O) groups excluding carboxylic acids is 1. The molecule has 9 heteroatoms. The third kappa shape index (κ3) is 4.39. The van der Waals surface area contributed by atoms with Crippen molar-refractivity contribution < 1.29 is 4.79 Å². The maximum absolute atomic E-state index is 13.1. The van der Waals surface area contributed by atoms with Crippen LogP contribution >= 0.6 is 11.3 Å². The first-order chi connectivity index (χ1) is 16.0. The number of piperazine rings is 1. The number of pyridine rings is 1. The lowest BCUT2D eigenvalue weighted by atomic mass is 10.2. The Hall–Kier alpha value is -2.78. The highest BCUT2D eigenvalue weighted by Crippen LogP contribution is 2.28. The van der Waals surface area contributed by atoms with Crippen molar-refractivity contribution in [1.82, 2.24) is 24.8 Å². The fraction of sp³-hybridized carbons (Fsp3) is 0.500. The molecule has 3 aromatic heterocycles. The highest BCUT2D eigenvalue weighted by molar-refractivity contribution is 7.20. The van der Waals surface area contributed by atoms with Crippen molar-refractivity contribution in [3.63, 3.8) is 0 Å². The van der Waals surface area contributed by atoms with Gasteiger partial charge < -0.3 is 15.1 Å². The van der Waals surface area contributed by atoms with E-state index in [-0.39, 0.29) is 11.5 Å². The van der Waals surface area contributed by atoms with E-state index in [2.05, 4.69) is 27.1 Å². The normalized spacial score (nSPS) is 17.1. The first-order valence-corrected chi connectivity index (χ1v) is 12.5.